The van der Waals surface area contributed by atoms with Crippen LogP contribution in [0.1, 0.15) is 36.9 Å². The van der Waals surface area contributed by atoms with Gasteiger partial charge in [0.05, 0.1) is 22.7 Å². The Morgan fingerprint density at radius 2 is 2.32 bits per heavy atom. The monoisotopic (exact) mass is 273 g/mol. The highest BCUT2D eigenvalue weighted by atomic mass is 32.2. The second-order valence-electron chi connectivity index (χ2n) is 5.11. The lowest BCUT2D eigenvalue weighted by molar-refractivity contribution is -0.114. The van der Waals surface area contributed by atoms with Crippen LogP contribution in [0.25, 0.3) is 0 Å². The van der Waals surface area contributed by atoms with Gasteiger partial charge >= 0.3 is 0 Å². The SMILES string of the molecule is CC(=O)CSc1nc2c(cc1C#N)N1CCC2CC1. The van der Waals surface area contributed by atoms with Crippen molar-refractivity contribution in [2.75, 3.05) is 23.7 Å². The van der Waals surface area contributed by atoms with Crippen molar-refractivity contribution < 1.29 is 4.79 Å². The van der Waals surface area contributed by atoms with Gasteiger partial charge in [-0.1, -0.05) is 11.8 Å². The lowest BCUT2D eigenvalue weighted by atomic mass is 9.86. The number of nitriles is 1. The predicted molar refractivity (Wildman–Crippen MR) is 74.5 cm³/mol. The third-order valence-electron chi connectivity index (χ3n) is 3.75. The predicted octanol–water partition coefficient (Wildman–Crippen LogP) is 2.33. The molecular weight excluding hydrogens is 258 g/mol. The molecule has 1 fully saturated rings. The summed E-state index contributed by atoms with van der Waals surface area (Å²) in [7, 11) is 0. The average molecular weight is 273 g/mol. The highest BCUT2D eigenvalue weighted by Crippen LogP contribution is 2.42. The molecule has 3 aliphatic heterocycles. The van der Waals surface area contributed by atoms with E-state index in [0.717, 1.165) is 37.3 Å². The first kappa shape index (κ1) is 12.5. The number of piperidine rings is 1. The van der Waals surface area contributed by atoms with Crippen LogP contribution >= 0.6 is 11.8 Å². The molecule has 4 heterocycles. The summed E-state index contributed by atoms with van der Waals surface area (Å²) in [5.74, 6) is 1.03. The number of anilines is 1. The van der Waals surface area contributed by atoms with E-state index < -0.39 is 0 Å². The molecule has 0 aromatic carbocycles. The molecule has 0 radical (unpaired) electrons. The molecule has 0 aliphatic carbocycles. The number of ketones is 1. The van der Waals surface area contributed by atoms with E-state index in [-0.39, 0.29) is 5.78 Å². The summed E-state index contributed by atoms with van der Waals surface area (Å²) in [6.45, 7) is 3.71. The number of pyridine rings is 1. The maximum absolute atomic E-state index is 11.1. The van der Waals surface area contributed by atoms with Crippen molar-refractivity contribution in [3.05, 3.63) is 17.3 Å². The molecular formula is C14H15N3OS. The molecule has 4 nitrogen and oxygen atoms in total. The van der Waals surface area contributed by atoms with Crippen LogP contribution in [-0.4, -0.2) is 29.6 Å². The van der Waals surface area contributed by atoms with E-state index in [4.69, 9.17) is 0 Å². The van der Waals surface area contributed by atoms with E-state index in [0.29, 0.717) is 22.3 Å². The largest absolute Gasteiger partial charge is 0.370 e. The standard InChI is InChI=1S/C14H15N3OS/c1-9(18)8-19-14-11(7-15)6-12-13(16-14)10-2-4-17(12)5-3-10/h6,10H,2-5,8H2,1H3. The van der Waals surface area contributed by atoms with Crippen molar-refractivity contribution >= 4 is 23.2 Å². The molecule has 3 aliphatic rings. The summed E-state index contributed by atoms with van der Waals surface area (Å²) in [5, 5.41) is 9.96. The summed E-state index contributed by atoms with van der Waals surface area (Å²) >= 11 is 1.38. The Morgan fingerprint density at radius 3 is 2.95 bits per heavy atom. The van der Waals surface area contributed by atoms with E-state index in [1.165, 1.54) is 11.8 Å². The van der Waals surface area contributed by atoms with Crippen molar-refractivity contribution in [2.24, 2.45) is 0 Å². The summed E-state index contributed by atoms with van der Waals surface area (Å²) in [6.07, 6.45) is 2.31. The molecule has 98 valence electrons. The van der Waals surface area contributed by atoms with E-state index >= 15 is 0 Å². The zero-order valence-electron chi connectivity index (χ0n) is 10.8. The highest BCUT2D eigenvalue weighted by Gasteiger charge is 2.33. The maximum Gasteiger partial charge on any atom is 0.140 e. The number of rotatable bonds is 3. The molecule has 0 spiro atoms. The van der Waals surface area contributed by atoms with Gasteiger partial charge in [0.25, 0.3) is 0 Å². The summed E-state index contributed by atoms with van der Waals surface area (Å²) in [6, 6.07) is 4.16. The van der Waals surface area contributed by atoms with Crippen LogP contribution in [0, 0.1) is 11.3 Å². The van der Waals surface area contributed by atoms with E-state index in [1.54, 1.807) is 6.92 Å². The average Bonchev–Trinajstić information content (AvgIpc) is 2.45. The van der Waals surface area contributed by atoms with Crippen molar-refractivity contribution in [2.45, 2.75) is 30.7 Å². The number of fused-ring (bicyclic) bond motifs is 2. The summed E-state index contributed by atoms with van der Waals surface area (Å²) in [5.41, 5.74) is 2.85. The number of carbonyl (C=O) groups excluding carboxylic acids is 1. The molecule has 0 unspecified atom stereocenters. The fraction of sp³-hybridized carbons (Fsp3) is 0.500. The Labute approximate surface area is 116 Å². The van der Waals surface area contributed by atoms with Crippen LogP contribution in [0.3, 0.4) is 0 Å². The second kappa shape index (κ2) is 4.86. The van der Waals surface area contributed by atoms with Crippen LogP contribution in [-0.2, 0) is 4.79 Å². The zero-order chi connectivity index (χ0) is 13.4. The fourth-order valence-corrected chi connectivity index (χ4v) is 3.57. The number of hydrogen-bond donors (Lipinski definition) is 0. The van der Waals surface area contributed by atoms with Gasteiger partial charge in [0, 0.05) is 19.0 Å². The van der Waals surface area contributed by atoms with E-state index in [1.807, 2.05) is 6.07 Å². The number of Topliss-reactive ketones (excluding diaryl/α,β-unsaturated/α-hetero) is 1. The minimum Gasteiger partial charge on any atom is -0.370 e. The lowest BCUT2D eigenvalue weighted by Gasteiger charge is -2.41. The third kappa shape index (κ3) is 2.21. The zero-order valence-corrected chi connectivity index (χ0v) is 11.7. The van der Waals surface area contributed by atoms with Crippen molar-refractivity contribution in [3.8, 4) is 6.07 Å². The molecule has 4 rings (SSSR count). The highest BCUT2D eigenvalue weighted by molar-refractivity contribution is 8.00. The smallest absolute Gasteiger partial charge is 0.140 e. The van der Waals surface area contributed by atoms with Crippen LogP contribution < -0.4 is 4.90 Å². The number of nitrogens with zero attached hydrogens (tertiary/aromatic N) is 3. The Bertz CT molecular complexity index is 571. The molecule has 2 bridgehead atoms. The Kier molecular flexibility index (Phi) is 3.19. The van der Waals surface area contributed by atoms with Gasteiger partial charge in [0.15, 0.2) is 0 Å². The minimum atomic E-state index is 0.110. The normalized spacial score (nSPS) is 17.2. The Balaban J connectivity index is 2.00. The van der Waals surface area contributed by atoms with Crippen LogP contribution in [0.5, 0.6) is 0 Å². The molecule has 0 atom stereocenters. The minimum absolute atomic E-state index is 0.110. The first-order chi connectivity index (χ1) is 9.19. The van der Waals surface area contributed by atoms with Gasteiger partial charge in [-0.15, -0.1) is 0 Å². The number of aromatic nitrogens is 1. The molecule has 1 aromatic rings. The Morgan fingerprint density at radius 1 is 1.58 bits per heavy atom. The van der Waals surface area contributed by atoms with Crippen LogP contribution in [0.2, 0.25) is 0 Å². The van der Waals surface area contributed by atoms with E-state index in [9.17, 15) is 10.1 Å². The quantitative estimate of drug-likeness (QED) is 0.791. The van der Waals surface area contributed by atoms with Crippen molar-refractivity contribution in [1.29, 1.82) is 5.26 Å². The van der Waals surface area contributed by atoms with Gasteiger partial charge in [0.2, 0.25) is 0 Å². The van der Waals surface area contributed by atoms with Crippen LogP contribution in [0.15, 0.2) is 11.1 Å². The number of thioether (sulfide) groups is 1. The van der Waals surface area contributed by atoms with Crippen molar-refractivity contribution in [3.63, 3.8) is 0 Å². The first-order valence-corrected chi connectivity index (χ1v) is 7.50. The maximum atomic E-state index is 11.1. The fourth-order valence-electron chi connectivity index (χ4n) is 2.81. The molecule has 5 heteroatoms. The second-order valence-corrected chi connectivity index (χ2v) is 6.07. The number of carbonyl (C=O) groups is 1. The molecule has 1 aromatic heterocycles. The molecule has 0 N–H and O–H groups in total. The molecule has 1 saturated heterocycles. The summed E-state index contributed by atoms with van der Waals surface area (Å²) in [4.78, 5) is 18.1. The van der Waals surface area contributed by atoms with E-state index in [2.05, 4.69) is 16.0 Å². The van der Waals surface area contributed by atoms with Crippen molar-refractivity contribution in [1.82, 2.24) is 4.98 Å². The first-order valence-electron chi connectivity index (χ1n) is 6.51. The van der Waals surface area contributed by atoms with Gasteiger partial charge < -0.3 is 4.90 Å². The van der Waals surface area contributed by atoms with Gasteiger partial charge in [-0.25, -0.2) is 4.98 Å². The Hall–Kier alpha value is -1.54. The van der Waals surface area contributed by atoms with Gasteiger partial charge in [0.1, 0.15) is 16.9 Å². The van der Waals surface area contributed by atoms with Gasteiger partial charge in [-0.2, -0.15) is 5.26 Å². The molecule has 0 saturated carbocycles. The topological polar surface area (TPSA) is 57.0 Å². The lowest BCUT2D eigenvalue weighted by Crippen LogP contribution is -2.39. The molecule has 19 heavy (non-hydrogen) atoms. The summed E-state index contributed by atoms with van der Waals surface area (Å²) < 4.78 is 0. The third-order valence-corrected chi connectivity index (χ3v) is 4.89. The number of hydrogen-bond acceptors (Lipinski definition) is 5. The van der Waals surface area contributed by atoms with Gasteiger partial charge in [-0.3, -0.25) is 4.79 Å². The van der Waals surface area contributed by atoms with Gasteiger partial charge in [-0.05, 0) is 25.8 Å². The molecule has 0 amide bonds. The van der Waals surface area contributed by atoms with Crippen LogP contribution in [0.4, 0.5) is 5.69 Å².